The number of alkyl halides is 1. The normalized spacial score (nSPS) is 21.4. The topological polar surface area (TPSA) is 108 Å². The lowest BCUT2D eigenvalue weighted by Gasteiger charge is -2.39. The molecular weight excluding hydrogens is 561 g/mol. The molecule has 3 N–H and O–H groups in total. The standard InChI is InChI=1S/C30H43BrFN5O2/c1-6-25(22(5)38)26-13-23(24-16-34-28(14-32)35-17-24)12-21(4)30(26)37-18-29(39)36-15-20(3)9-7-8-19(2)10-11-27(31)33/h8,10-11,13,16-17,20-21,25-26,30,33,37H,6-7,9,12,14-15,18H2,1-5H3,(H,36,39)/b11-10-,19-8+,33-27?. The molecule has 1 aliphatic rings. The van der Waals surface area contributed by atoms with Crippen LogP contribution in [0.4, 0.5) is 4.39 Å². The highest BCUT2D eigenvalue weighted by Crippen LogP contribution is 2.38. The highest BCUT2D eigenvalue weighted by atomic mass is 79.9. The minimum atomic E-state index is -0.702. The summed E-state index contributed by atoms with van der Waals surface area (Å²) in [6.07, 6.45) is 14.5. The van der Waals surface area contributed by atoms with E-state index in [1.807, 2.05) is 19.9 Å². The monoisotopic (exact) mass is 603 g/mol. The smallest absolute Gasteiger partial charge is 0.233 e. The first kappa shape index (κ1) is 32.7. The van der Waals surface area contributed by atoms with Crippen LogP contribution in [0.1, 0.15) is 71.7 Å². The summed E-state index contributed by atoms with van der Waals surface area (Å²) in [5.41, 5.74) is 3.00. The summed E-state index contributed by atoms with van der Waals surface area (Å²) in [5, 5.41) is 13.9. The van der Waals surface area contributed by atoms with Crippen LogP contribution in [0.25, 0.3) is 5.57 Å². The summed E-state index contributed by atoms with van der Waals surface area (Å²) in [7, 11) is 0. The Morgan fingerprint density at radius 1 is 1.26 bits per heavy atom. The van der Waals surface area contributed by atoms with Crippen LogP contribution in [-0.2, 0) is 16.3 Å². The number of nitrogens with one attached hydrogen (secondary N) is 3. The molecule has 0 aliphatic heterocycles. The molecule has 0 spiro atoms. The molecule has 0 saturated carbocycles. The molecule has 1 amide bonds. The summed E-state index contributed by atoms with van der Waals surface area (Å²) < 4.78 is 13.2. The molecular formula is C30H43BrFN5O2. The number of allylic oxidation sites excluding steroid dienone is 5. The van der Waals surface area contributed by atoms with Crippen LogP contribution in [0, 0.1) is 29.1 Å². The lowest BCUT2D eigenvalue weighted by molar-refractivity contribution is -0.122. The second-order valence-corrected chi connectivity index (χ2v) is 11.5. The van der Waals surface area contributed by atoms with Crippen LogP contribution in [0.2, 0.25) is 0 Å². The molecule has 7 nitrogen and oxygen atoms in total. The van der Waals surface area contributed by atoms with Crippen molar-refractivity contribution < 1.29 is 14.0 Å². The van der Waals surface area contributed by atoms with Gasteiger partial charge < -0.3 is 10.6 Å². The number of ketones is 1. The highest BCUT2D eigenvalue weighted by molar-refractivity contribution is 9.18. The average Bonchev–Trinajstić information content (AvgIpc) is 2.90. The SMILES string of the molecule is CCC(C(C)=O)C1C=C(c2cnc(CF)nc2)CC(C)C1NCC(=O)NCC(C)CC/C=C(C)/C=C\C(=N)Br. The first-order valence-electron chi connectivity index (χ1n) is 13.7. The van der Waals surface area contributed by atoms with Crippen molar-refractivity contribution in [2.24, 2.45) is 23.7 Å². The van der Waals surface area contributed by atoms with Crippen molar-refractivity contribution in [3.05, 3.63) is 53.7 Å². The van der Waals surface area contributed by atoms with Crippen LogP contribution in [-0.4, -0.2) is 45.4 Å². The molecule has 1 aliphatic carbocycles. The van der Waals surface area contributed by atoms with Gasteiger partial charge >= 0.3 is 0 Å². The van der Waals surface area contributed by atoms with Crippen molar-refractivity contribution in [3.8, 4) is 0 Å². The Labute approximate surface area is 240 Å². The minimum Gasteiger partial charge on any atom is -0.355 e. The number of carbonyl (C=O) groups excluding carboxylic acids is 2. The van der Waals surface area contributed by atoms with Gasteiger partial charge in [-0.15, -0.1) is 0 Å². The zero-order chi connectivity index (χ0) is 28.9. The van der Waals surface area contributed by atoms with Gasteiger partial charge in [-0.25, -0.2) is 14.4 Å². The van der Waals surface area contributed by atoms with Crippen LogP contribution >= 0.6 is 15.9 Å². The Morgan fingerprint density at radius 3 is 2.54 bits per heavy atom. The van der Waals surface area contributed by atoms with Crippen LogP contribution in [0.3, 0.4) is 0 Å². The molecule has 0 saturated heterocycles. The van der Waals surface area contributed by atoms with Crippen molar-refractivity contribution in [2.75, 3.05) is 13.1 Å². The molecule has 5 unspecified atom stereocenters. The third-order valence-electron chi connectivity index (χ3n) is 7.35. The van der Waals surface area contributed by atoms with Crippen molar-refractivity contribution in [1.29, 1.82) is 5.41 Å². The van der Waals surface area contributed by atoms with E-state index in [-0.39, 0.29) is 47.9 Å². The maximum atomic E-state index is 12.9. The predicted octanol–water partition coefficient (Wildman–Crippen LogP) is 5.97. The Morgan fingerprint density at radius 2 is 1.95 bits per heavy atom. The number of amides is 1. The molecule has 0 radical (unpaired) electrons. The number of hydrogen-bond donors (Lipinski definition) is 3. The van der Waals surface area contributed by atoms with Crippen molar-refractivity contribution in [2.45, 2.75) is 73.0 Å². The van der Waals surface area contributed by atoms with Gasteiger partial charge in [0.15, 0.2) is 5.82 Å². The fraction of sp³-hybridized carbons (Fsp3) is 0.567. The Bertz CT molecular complexity index is 1070. The molecule has 0 bridgehead atoms. The maximum Gasteiger partial charge on any atom is 0.233 e. The lowest BCUT2D eigenvalue weighted by atomic mass is 9.70. The summed E-state index contributed by atoms with van der Waals surface area (Å²) in [4.78, 5) is 33.4. The second-order valence-electron chi connectivity index (χ2n) is 10.6. The fourth-order valence-corrected chi connectivity index (χ4v) is 5.26. The summed E-state index contributed by atoms with van der Waals surface area (Å²) >= 11 is 3.10. The van der Waals surface area contributed by atoms with Gasteiger partial charge in [0.1, 0.15) is 12.5 Å². The number of Topliss-reactive ketones (excluding diaryl/α,β-unsaturated/α-hetero) is 1. The zero-order valence-corrected chi connectivity index (χ0v) is 25.4. The molecule has 1 heterocycles. The van der Waals surface area contributed by atoms with E-state index in [2.05, 4.69) is 62.5 Å². The van der Waals surface area contributed by atoms with E-state index in [9.17, 15) is 14.0 Å². The van der Waals surface area contributed by atoms with E-state index in [1.165, 1.54) is 0 Å². The third-order valence-corrected chi connectivity index (χ3v) is 7.61. The van der Waals surface area contributed by atoms with Crippen LogP contribution in [0.5, 0.6) is 0 Å². The second kappa shape index (κ2) is 16.6. The Hall–Kier alpha value is -2.52. The van der Waals surface area contributed by atoms with Crippen LogP contribution < -0.4 is 10.6 Å². The zero-order valence-electron chi connectivity index (χ0n) is 23.8. The van der Waals surface area contributed by atoms with Crippen LogP contribution in [0.15, 0.2) is 42.3 Å². The number of hydrogen-bond acceptors (Lipinski definition) is 6. The predicted molar refractivity (Wildman–Crippen MR) is 159 cm³/mol. The van der Waals surface area contributed by atoms with E-state index in [0.717, 1.165) is 36.0 Å². The minimum absolute atomic E-state index is 0.0287. The third kappa shape index (κ3) is 10.9. The van der Waals surface area contributed by atoms with Gasteiger partial charge in [-0.3, -0.25) is 15.0 Å². The van der Waals surface area contributed by atoms with Gasteiger partial charge in [0, 0.05) is 42.4 Å². The van der Waals surface area contributed by atoms with E-state index >= 15 is 0 Å². The fourth-order valence-electron chi connectivity index (χ4n) is 5.13. The largest absolute Gasteiger partial charge is 0.355 e. The molecule has 2 rings (SSSR count). The average molecular weight is 605 g/mol. The molecule has 0 aromatic carbocycles. The van der Waals surface area contributed by atoms with E-state index < -0.39 is 6.67 Å². The summed E-state index contributed by atoms with van der Waals surface area (Å²) in [6, 6.07) is -0.0287. The van der Waals surface area contributed by atoms with Gasteiger partial charge in [0.25, 0.3) is 0 Å². The molecule has 39 heavy (non-hydrogen) atoms. The van der Waals surface area contributed by atoms with Crippen molar-refractivity contribution >= 4 is 37.8 Å². The lowest BCUT2D eigenvalue weighted by Crippen LogP contribution is -2.50. The van der Waals surface area contributed by atoms with Gasteiger partial charge in [-0.05, 0) is 78.9 Å². The number of aromatic nitrogens is 2. The Kier molecular flexibility index (Phi) is 13.9. The van der Waals surface area contributed by atoms with Gasteiger partial charge in [-0.1, -0.05) is 44.6 Å². The van der Waals surface area contributed by atoms with Crippen molar-refractivity contribution in [3.63, 3.8) is 0 Å². The summed E-state index contributed by atoms with van der Waals surface area (Å²) in [5.74, 6) is 0.499. The number of nitrogens with zero attached hydrogens (tertiary/aromatic N) is 2. The van der Waals surface area contributed by atoms with Gasteiger partial charge in [-0.2, -0.15) is 0 Å². The van der Waals surface area contributed by atoms with E-state index in [1.54, 1.807) is 25.4 Å². The maximum absolute atomic E-state index is 12.9. The molecule has 1 aromatic rings. The number of carbonyl (C=O) groups is 2. The van der Waals surface area contributed by atoms with Gasteiger partial charge in [0.2, 0.25) is 5.91 Å². The summed E-state index contributed by atoms with van der Waals surface area (Å²) in [6.45, 7) is 9.99. The van der Waals surface area contributed by atoms with Crippen molar-refractivity contribution in [1.82, 2.24) is 20.6 Å². The quantitative estimate of drug-likeness (QED) is 0.169. The van der Waals surface area contributed by atoms with E-state index in [0.29, 0.717) is 23.5 Å². The highest BCUT2D eigenvalue weighted by Gasteiger charge is 2.37. The molecule has 0 fully saturated rings. The molecule has 9 heteroatoms. The van der Waals surface area contributed by atoms with E-state index in [4.69, 9.17) is 5.41 Å². The molecule has 1 aromatic heterocycles. The molecule has 214 valence electrons. The van der Waals surface area contributed by atoms with Gasteiger partial charge in [0.05, 0.1) is 11.2 Å². The number of halogens is 2. The Balaban J connectivity index is 1.98. The first-order valence-corrected chi connectivity index (χ1v) is 14.5. The number of rotatable bonds is 15. The molecule has 5 atom stereocenters. The first-order chi connectivity index (χ1) is 18.5.